The number of hydrogen-bond acceptors (Lipinski definition) is 8. The summed E-state index contributed by atoms with van der Waals surface area (Å²) in [5.74, 6) is -0.845. The minimum atomic E-state index is -0.851. The highest BCUT2D eigenvalue weighted by atomic mass is 32.2. The number of aromatic nitrogens is 3. The van der Waals surface area contributed by atoms with Crippen LogP contribution in [0.5, 0.6) is 0 Å². The van der Waals surface area contributed by atoms with Crippen molar-refractivity contribution in [3.05, 3.63) is 16.1 Å². The van der Waals surface area contributed by atoms with Gasteiger partial charge in [-0.25, -0.2) is 4.98 Å². The second-order valence-corrected chi connectivity index (χ2v) is 6.87. The molecule has 0 aliphatic heterocycles. The molecule has 0 bridgehead atoms. The van der Waals surface area contributed by atoms with Crippen molar-refractivity contribution in [1.29, 1.82) is 0 Å². The molecule has 0 aliphatic carbocycles. The summed E-state index contributed by atoms with van der Waals surface area (Å²) in [6.07, 6.45) is 0. The smallest absolute Gasteiger partial charge is 0.313 e. The Kier molecular flexibility index (Phi) is 4.72. The molecule has 0 saturated carbocycles. The number of carboxylic acids is 1. The van der Waals surface area contributed by atoms with Crippen molar-refractivity contribution in [3.63, 3.8) is 0 Å². The molecule has 19 heavy (non-hydrogen) atoms. The van der Waals surface area contributed by atoms with Crippen molar-refractivity contribution in [2.24, 2.45) is 0 Å². The zero-order chi connectivity index (χ0) is 13.8. The Balaban J connectivity index is 1.98. The van der Waals surface area contributed by atoms with Crippen LogP contribution in [0, 0.1) is 6.92 Å². The van der Waals surface area contributed by atoms with E-state index < -0.39 is 5.97 Å². The largest absolute Gasteiger partial charge is 0.481 e. The van der Waals surface area contributed by atoms with Crippen LogP contribution in [0.1, 0.15) is 10.6 Å². The summed E-state index contributed by atoms with van der Waals surface area (Å²) in [4.78, 5) is 17.9. The molecular formula is C10H12N4O2S3. The third kappa shape index (κ3) is 3.88. The first-order valence-corrected chi connectivity index (χ1v) is 8.02. The van der Waals surface area contributed by atoms with E-state index >= 15 is 0 Å². The molecular weight excluding hydrogens is 304 g/mol. The summed E-state index contributed by atoms with van der Waals surface area (Å²) in [5.41, 5.74) is 2.86. The van der Waals surface area contributed by atoms with Crippen LogP contribution in [-0.2, 0) is 11.3 Å². The van der Waals surface area contributed by atoms with Gasteiger partial charge in [-0.15, -0.1) is 21.5 Å². The third-order valence-corrected chi connectivity index (χ3v) is 5.34. The molecule has 0 radical (unpaired) electrons. The predicted octanol–water partition coefficient (Wildman–Crippen LogP) is 2.12. The van der Waals surface area contributed by atoms with Crippen molar-refractivity contribution in [2.45, 2.75) is 17.8 Å². The number of aliphatic carboxylic acids is 1. The highest BCUT2D eigenvalue weighted by Crippen LogP contribution is 2.28. The molecule has 1 N–H and O–H groups in total. The zero-order valence-corrected chi connectivity index (χ0v) is 12.8. The molecule has 2 heterocycles. The summed E-state index contributed by atoms with van der Waals surface area (Å²) in [6, 6.07) is 0. The van der Waals surface area contributed by atoms with E-state index in [1.54, 1.807) is 11.3 Å². The molecule has 0 unspecified atom stereocenters. The lowest BCUT2D eigenvalue weighted by Crippen LogP contribution is -2.15. The quantitative estimate of drug-likeness (QED) is 0.818. The average molecular weight is 316 g/mol. The molecule has 0 aromatic carbocycles. The number of anilines is 1. The van der Waals surface area contributed by atoms with Gasteiger partial charge in [0.1, 0.15) is 0 Å². The van der Waals surface area contributed by atoms with E-state index in [0.717, 1.165) is 17.4 Å². The molecule has 2 aromatic rings. The number of carboxylic acid groups (broad SMARTS) is 1. The molecule has 2 rings (SSSR count). The maximum absolute atomic E-state index is 10.5. The Morgan fingerprint density at radius 1 is 1.53 bits per heavy atom. The molecule has 0 spiro atoms. The van der Waals surface area contributed by atoms with Crippen LogP contribution in [0.4, 0.5) is 5.13 Å². The first-order valence-electron chi connectivity index (χ1n) is 5.34. The molecule has 102 valence electrons. The van der Waals surface area contributed by atoms with Gasteiger partial charge in [0.25, 0.3) is 0 Å². The topological polar surface area (TPSA) is 79.2 Å². The highest BCUT2D eigenvalue weighted by molar-refractivity contribution is 8.01. The molecule has 6 nitrogen and oxygen atoms in total. The van der Waals surface area contributed by atoms with Crippen molar-refractivity contribution in [3.8, 4) is 0 Å². The van der Waals surface area contributed by atoms with Crippen molar-refractivity contribution in [1.82, 2.24) is 15.2 Å². The molecule has 0 aliphatic rings. The van der Waals surface area contributed by atoms with Crippen LogP contribution in [0.3, 0.4) is 0 Å². The van der Waals surface area contributed by atoms with E-state index in [1.807, 2.05) is 24.4 Å². The monoisotopic (exact) mass is 316 g/mol. The fraction of sp³-hybridized carbons (Fsp3) is 0.400. The fourth-order valence-corrected chi connectivity index (χ4v) is 3.65. The number of aryl methyl sites for hydroxylation is 1. The Labute approximate surface area is 122 Å². The van der Waals surface area contributed by atoms with Crippen molar-refractivity contribution >= 4 is 45.5 Å². The van der Waals surface area contributed by atoms with Crippen LogP contribution in [-0.4, -0.2) is 39.1 Å². The number of rotatable bonds is 6. The molecule has 2 aromatic heterocycles. The Morgan fingerprint density at radius 2 is 2.32 bits per heavy atom. The second-order valence-electron chi connectivity index (χ2n) is 3.75. The summed E-state index contributed by atoms with van der Waals surface area (Å²) >= 11 is 4.20. The Morgan fingerprint density at radius 3 is 2.95 bits per heavy atom. The van der Waals surface area contributed by atoms with E-state index in [2.05, 4.69) is 15.2 Å². The van der Waals surface area contributed by atoms with Gasteiger partial charge in [-0.3, -0.25) is 4.79 Å². The first kappa shape index (κ1) is 14.2. The van der Waals surface area contributed by atoms with Gasteiger partial charge in [-0.2, -0.15) is 0 Å². The second kappa shape index (κ2) is 6.31. The zero-order valence-electron chi connectivity index (χ0n) is 10.4. The molecule has 0 atom stereocenters. The van der Waals surface area contributed by atoms with Crippen LogP contribution in [0.15, 0.2) is 9.85 Å². The van der Waals surface area contributed by atoms with Gasteiger partial charge in [0, 0.05) is 11.9 Å². The third-order valence-electron chi connectivity index (χ3n) is 2.27. The fourth-order valence-electron chi connectivity index (χ4n) is 1.30. The number of thioether (sulfide) groups is 1. The van der Waals surface area contributed by atoms with E-state index in [1.165, 1.54) is 28.0 Å². The Bertz CT molecular complexity index is 569. The predicted molar refractivity (Wildman–Crippen MR) is 77.2 cm³/mol. The van der Waals surface area contributed by atoms with Gasteiger partial charge >= 0.3 is 5.97 Å². The molecule has 0 fully saturated rings. The summed E-state index contributed by atoms with van der Waals surface area (Å²) < 4.78 is 0.672. The van der Waals surface area contributed by atoms with Crippen molar-refractivity contribution < 1.29 is 9.90 Å². The normalized spacial score (nSPS) is 10.6. The van der Waals surface area contributed by atoms with Gasteiger partial charge in [-0.05, 0) is 6.92 Å². The SMILES string of the molecule is Cc1ncsc1CN(C)c1nnc(SCC(=O)O)s1. The minimum absolute atomic E-state index is 0.00625. The number of carbonyl (C=O) groups is 1. The molecule has 0 saturated heterocycles. The van der Waals surface area contributed by atoms with Gasteiger partial charge < -0.3 is 10.0 Å². The summed E-state index contributed by atoms with van der Waals surface area (Å²) in [7, 11) is 1.94. The summed E-state index contributed by atoms with van der Waals surface area (Å²) in [6.45, 7) is 2.71. The van der Waals surface area contributed by atoms with Crippen LogP contribution < -0.4 is 4.90 Å². The van der Waals surface area contributed by atoms with Crippen LogP contribution in [0.2, 0.25) is 0 Å². The number of thiazole rings is 1. The standard InChI is InChI=1S/C10H12N4O2S3/c1-6-7(18-5-11-6)3-14(2)9-12-13-10(19-9)17-4-8(15)16/h5H,3-4H2,1-2H3,(H,15,16). The number of nitrogens with zero attached hydrogens (tertiary/aromatic N) is 4. The molecule has 0 amide bonds. The first-order chi connectivity index (χ1) is 9.06. The Hall–Kier alpha value is -1.19. The van der Waals surface area contributed by atoms with Crippen LogP contribution >= 0.6 is 34.4 Å². The summed E-state index contributed by atoms with van der Waals surface area (Å²) in [5, 5.41) is 17.4. The van der Waals surface area contributed by atoms with E-state index in [0.29, 0.717) is 4.34 Å². The maximum Gasteiger partial charge on any atom is 0.313 e. The average Bonchev–Trinajstić information content (AvgIpc) is 2.97. The van der Waals surface area contributed by atoms with E-state index in [9.17, 15) is 4.79 Å². The van der Waals surface area contributed by atoms with Crippen LogP contribution in [0.25, 0.3) is 0 Å². The van der Waals surface area contributed by atoms with Gasteiger partial charge in [0.15, 0.2) is 4.34 Å². The van der Waals surface area contributed by atoms with E-state index in [4.69, 9.17) is 5.11 Å². The molecule has 9 heteroatoms. The highest BCUT2D eigenvalue weighted by Gasteiger charge is 2.12. The maximum atomic E-state index is 10.5. The van der Waals surface area contributed by atoms with Crippen molar-refractivity contribution in [2.75, 3.05) is 17.7 Å². The van der Waals surface area contributed by atoms with E-state index in [-0.39, 0.29) is 5.75 Å². The lowest BCUT2D eigenvalue weighted by Gasteiger charge is -2.13. The van der Waals surface area contributed by atoms with Gasteiger partial charge in [-0.1, -0.05) is 23.1 Å². The number of hydrogen-bond donors (Lipinski definition) is 1. The minimum Gasteiger partial charge on any atom is -0.481 e. The van der Waals surface area contributed by atoms with Gasteiger partial charge in [0.05, 0.1) is 23.5 Å². The lowest BCUT2D eigenvalue weighted by molar-refractivity contribution is -0.133. The van der Waals surface area contributed by atoms with Gasteiger partial charge in [0.2, 0.25) is 5.13 Å². The lowest BCUT2D eigenvalue weighted by atomic mass is 10.4.